The number of rotatable bonds is 4. The normalized spacial score (nSPS) is 20.1. The quantitative estimate of drug-likeness (QED) is 0.852. The van der Waals surface area contributed by atoms with E-state index in [1.165, 1.54) is 25.7 Å². The van der Waals surface area contributed by atoms with Gasteiger partial charge >= 0.3 is 0 Å². The van der Waals surface area contributed by atoms with Gasteiger partial charge in [0, 0.05) is 11.6 Å². The predicted octanol–water partition coefficient (Wildman–Crippen LogP) is 4.68. The molecule has 3 nitrogen and oxygen atoms in total. The molecule has 0 saturated heterocycles. The van der Waals surface area contributed by atoms with Crippen molar-refractivity contribution in [1.29, 1.82) is 0 Å². The average Bonchev–Trinajstić information content (AvgIpc) is 2.46. The zero-order chi connectivity index (χ0) is 15.6. The van der Waals surface area contributed by atoms with Gasteiger partial charge in [-0.1, -0.05) is 13.8 Å². The lowest BCUT2D eigenvalue weighted by molar-refractivity contribution is 0.172. The summed E-state index contributed by atoms with van der Waals surface area (Å²) in [4.78, 5) is 0. The van der Waals surface area contributed by atoms with Crippen molar-refractivity contribution in [2.24, 2.45) is 17.1 Å². The molecule has 1 atom stereocenters. The predicted molar refractivity (Wildman–Crippen MR) is 89.9 cm³/mol. The molecule has 0 radical (unpaired) electrons. The molecule has 0 amide bonds. The van der Waals surface area contributed by atoms with E-state index in [-0.39, 0.29) is 6.04 Å². The van der Waals surface area contributed by atoms with E-state index in [0.717, 1.165) is 21.5 Å². The summed E-state index contributed by atoms with van der Waals surface area (Å²) in [7, 11) is 3.34. The van der Waals surface area contributed by atoms with E-state index in [1.54, 1.807) is 14.2 Å². The number of hydrogen-bond acceptors (Lipinski definition) is 3. The summed E-state index contributed by atoms with van der Waals surface area (Å²) in [6, 6.07) is 4.00. The first-order valence-electron chi connectivity index (χ1n) is 7.55. The summed E-state index contributed by atoms with van der Waals surface area (Å²) in [5.41, 5.74) is 8.08. The van der Waals surface area contributed by atoms with Gasteiger partial charge in [-0.25, -0.2) is 0 Å². The molecule has 1 aromatic rings. The minimum Gasteiger partial charge on any atom is -0.495 e. The summed E-state index contributed by atoms with van der Waals surface area (Å²) >= 11 is 3.56. The average molecular weight is 356 g/mol. The highest BCUT2D eigenvalue weighted by Gasteiger charge is 2.32. The SMILES string of the molecule is COc1ccc(C(N)C2CCC(C)(C)CC2)c(OC)c1Br. The second-order valence-electron chi connectivity index (χ2n) is 6.73. The minimum absolute atomic E-state index is 0.0123. The lowest BCUT2D eigenvalue weighted by Crippen LogP contribution is -2.29. The molecular weight excluding hydrogens is 330 g/mol. The molecule has 1 aliphatic carbocycles. The van der Waals surface area contributed by atoms with Crippen molar-refractivity contribution < 1.29 is 9.47 Å². The second kappa shape index (κ2) is 6.57. The number of methoxy groups -OCH3 is 2. The first-order valence-corrected chi connectivity index (χ1v) is 8.35. The molecule has 1 aliphatic rings. The summed E-state index contributed by atoms with van der Waals surface area (Å²) in [5.74, 6) is 2.09. The Morgan fingerprint density at radius 2 is 1.81 bits per heavy atom. The Morgan fingerprint density at radius 3 is 2.33 bits per heavy atom. The number of hydrogen-bond donors (Lipinski definition) is 1. The van der Waals surface area contributed by atoms with Crippen LogP contribution in [0.4, 0.5) is 0 Å². The van der Waals surface area contributed by atoms with Crippen LogP contribution < -0.4 is 15.2 Å². The first kappa shape index (κ1) is 16.6. The first-order chi connectivity index (χ1) is 9.89. The Kier molecular flexibility index (Phi) is 5.20. The van der Waals surface area contributed by atoms with Crippen molar-refractivity contribution in [2.75, 3.05) is 14.2 Å². The Morgan fingerprint density at radius 1 is 1.19 bits per heavy atom. The standard InChI is InChI=1S/C17H26BrNO2/c1-17(2)9-7-11(8-10-17)15(19)12-5-6-13(20-3)14(18)16(12)21-4/h5-6,11,15H,7-10,19H2,1-4H3. The Hall–Kier alpha value is -0.740. The molecule has 4 heteroatoms. The molecule has 2 N–H and O–H groups in total. The van der Waals surface area contributed by atoms with Crippen LogP contribution in [0.3, 0.4) is 0 Å². The van der Waals surface area contributed by atoms with Gasteiger partial charge in [0.05, 0.1) is 14.2 Å². The van der Waals surface area contributed by atoms with Gasteiger partial charge in [0.15, 0.2) is 0 Å². The highest BCUT2D eigenvalue weighted by Crippen LogP contribution is 2.46. The highest BCUT2D eigenvalue weighted by molar-refractivity contribution is 9.10. The number of halogens is 1. The molecule has 2 rings (SSSR count). The third kappa shape index (κ3) is 3.54. The zero-order valence-corrected chi connectivity index (χ0v) is 15.0. The smallest absolute Gasteiger partial charge is 0.141 e. The van der Waals surface area contributed by atoms with Crippen molar-refractivity contribution in [3.63, 3.8) is 0 Å². The van der Waals surface area contributed by atoms with Crippen molar-refractivity contribution in [3.8, 4) is 11.5 Å². The fourth-order valence-corrected chi connectivity index (χ4v) is 3.90. The third-order valence-electron chi connectivity index (χ3n) is 4.77. The van der Waals surface area contributed by atoms with E-state index in [9.17, 15) is 0 Å². The monoisotopic (exact) mass is 355 g/mol. The van der Waals surface area contributed by atoms with Crippen LogP contribution >= 0.6 is 15.9 Å². The van der Waals surface area contributed by atoms with Crippen LogP contribution in [0.2, 0.25) is 0 Å². The largest absolute Gasteiger partial charge is 0.495 e. The van der Waals surface area contributed by atoms with Crippen molar-refractivity contribution in [3.05, 3.63) is 22.2 Å². The molecule has 0 aliphatic heterocycles. The van der Waals surface area contributed by atoms with Gasteiger partial charge in [-0.2, -0.15) is 0 Å². The minimum atomic E-state index is 0.0123. The van der Waals surface area contributed by atoms with E-state index in [4.69, 9.17) is 15.2 Å². The van der Waals surface area contributed by atoms with Crippen molar-refractivity contribution >= 4 is 15.9 Å². The highest BCUT2D eigenvalue weighted by atomic mass is 79.9. The lowest BCUT2D eigenvalue weighted by Gasteiger charge is -2.37. The summed E-state index contributed by atoms with van der Waals surface area (Å²) in [5, 5.41) is 0. The molecule has 118 valence electrons. The molecular formula is C17H26BrNO2. The molecule has 0 spiro atoms. The second-order valence-corrected chi connectivity index (χ2v) is 7.52. The molecule has 1 fully saturated rings. The maximum Gasteiger partial charge on any atom is 0.141 e. The van der Waals surface area contributed by atoms with Gasteiger partial charge in [0.2, 0.25) is 0 Å². The van der Waals surface area contributed by atoms with Gasteiger partial charge in [-0.05, 0) is 65.1 Å². The Balaban J connectivity index is 2.23. The Bertz CT molecular complexity index is 492. The molecule has 1 unspecified atom stereocenters. The van der Waals surface area contributed by atoms with Crippen LogP contribution in [-0.4, -0.2) is 14.2 Å². The number of ether oxygens (including phenoxy) is 2. The van der Waals surface area contributed by atoms with Gasteiger partial charge < -0.3 is 15.2 Å². The zero-order valence-electron chi connectivity index (χ0n) is 13.4. The van der Waals surface area contributed by atoms with Gasteiger partial charge in [0.1, 0.15) is 16.0 Å². The molecule has 1 aromatic carbocycles. The van der Waals surface area contributed by atoms with Gasteiger partial charge in [-0.15, -0.1) is 0 Å². The van der Waals surface area contributed by atoms with E-state index >= 15 is 0 Å². The molecule has 21 heavy (non-hydrogen) atoms. The topological polar surface area (TPSA) is 44.5 Å². The molecule has 0 heterocycles. The van der Waals surface area contributed by atoms with Crippen LogP contribution in [0.1, 0.15) is 51.1 Å². The van der Waals surface area contributed by atoms with Gasteiger partial charge in [-0.3, -0.25) is 0 Å². The van der Waals surface area contributed by atoms with Crippen LogP contribution in [0.25, 0.3) is 0 Å². The van der Waals surface area contributed by atoms with Crippen LogP contribution in [0.15, 0.2) is 16.6 Å². The molecule has 0 aromatic heterocycles. The van der Waals surface area contributed by atoms with Crippen molar-refractivity contribution in [2.45, 2.75) is 45.6 Å². The van der Waals surface area contributed by atoms with E-state index < -0.39 is 0 Å². The van der Waals surface area contributed by atoms with Crippen LogP contribution in [0, 0.1) is 11.3 Å². The fourth-order valence-electron chi connectivity index (χ4n) is 3.22. The Labute approximate surface area is 136 Å². The van der Waals surface area contributed by atoms with Gasteiger partial charge in [0.25, 0.3) is 0 Å². The summed E-state index contributed by atoms with van der Waals surface area (Å²) in [6.07, 6.45) is 4.85. The lowest BCUT2D eigenvalue weighted by atomic mass is 9.70. The molecule has 0 bridgehead atoms. The number of nitrogens with two attached hydrogens (primary N) is 1. The van der Waals surface area contributed by atoms with E-state index in [1.807, 2.05) is 12.1 Å². The van der Waals surface area contributed by atoms with Crippen LogP contribution in [0.5, 0.6) is 11.5 Å². The fraction of sp³-hybridized carbons (Fsp3) is 0.647. The number of benzene rings is 1. The third-order valence-corrected chi connectivity index (χ3v) is 5.52. The van der Waals surface area contributed by atoms with E-state index in [2.05, 4.69) is 29.8 Å². The van der Waals surface area contributed by atoms with Crippen LogP contribution in [-0.2, 0) is 0 Å². The maximum atomic E-state index is 6.55. The maximum absolute atomic E-state index is 6.55. The van der Waals surface area contributed by atoms with E-state index in [0.29, 0.717) is 11.3 Å². The summed E-state index contributed by atoms with van der Waals surface area (Å²) in [6.45, 7) is 4.69. The van der Waals surface area contributed by atoms with Crippen molar-refractivity contribution in [1.82, 2.24) is 0 Å². The molecule has 1 saturated carbocycles. The summed E-state index contributed by atoms with van der Waals surface area (Å²) < 4.78 is 11.7.